The van der Waals surface area contributed by atoms with Gasteiger partial charge in [-0.05, 0) is 0 Å². The van der Waals surface area contributed by atoms with Crippen LogP contribution in [0.1, 0.15) is 25.0 Å². The number of hydrogen-bond acceptors (Lipinski definition) is 2. The Labute approximate surface area is 133 Å². The van der Waals surface area contributed by atoms with Gasteiger partial charge in [-0.25, -0.2) is 0 Å². The molecule has 0 bridgehead atoms. The van der Waals surface area contributed by atoms with Gasteiger partial charge in [-0.3, -0.25) is 0 Å². The molecular weight excluding hydrogens is 291 g/mol. The van der Waals surface area contributed by atoms with E-state index in [0.717, 1.165) is 17.3 Å². The number of benzene rings is 2. The van der Waals surface area contributed by atoms with Crippen LogP contribution in [-0.4, -0.2) is 25.2 Å². The van der Waals surface area contributed by atoms with Gasteiger partial charge in [0.2, 0.25) is 0 Å². The summed E-state index contributed by atoms with van der Waals surface area (Å²) in [6, 6.07) is 19.9. The summed E-state index contributed by atoms with van der Waals surface area (Å²) in [5, 5.41) is 0. The van der Waals surface area contributed by atoms with E-state index in [4.69, 9.17) is 4.74 Å². The van der Waals surface area contributed by atoms with E-state index in [2.05, 4.69) is 20.3 Å². The van der Waals surface area contributed by atoms with E-state index in [0.29, 0.717) is 0 Å². The van der Waals surface area contributed by atoms with Gasteiger partial charge in [0, 0.05) is 0 Å². The van der Waals surface area contributed by atoms with Gasteiger partial charge >= 0.3 is 133 Å². The van der Waals surface area contributed by atoms with Crippen molar-refractivity contribution in [2.75, 3.05) is 19.5 Å². The van der Waals surface area contributed by atoms with Gasteiger partial charge in [-0.2, -0.15) is 0 Å². The molecule has 0 heterocycles. The summed E-state index contributed by atoms with van der Waals surface area (Å²) in [7, 11) is -2.02. The maximum atomic E-state index is 12.7. The Morgan fingerprint density at radius 3 is 1.73 bits per heavy atom. The van der Waals surface area contributed by atoms with Gasteiger partial charge in [0.15, 0.2) is 0 Å². The first-order chi connectivity index (χ1) is 10.4. The Morgan fingerprint density at radius 1 is 0.955 bits per heavy atom. The molecule has 0 radical (unpaired) electrons. The number of carbonyl (C=O) groups is 1. The van der Waals surface area contributed by atoms with E-state index in [9.17, 15) is 4.79 Å². The third-order valence-electron chi connectivity index (χ3n) is 4.38. The zero-order valence-corrected chi connectivity index (χ0v) is 14.8. The van der Waals surface area contributed by atoms with Crippen molar-refractivity contribution in [1.29, 1.82) is 0 Å². The monoisotopic (exact) mass is 316 g/mol. The number of hydrogen-bond donors (Lipinski definition) is 0. The van der Waals surface area contributed by atoms with Crippen LogP contribution in [0, 0.1) is 0 Å². The normalized spacial score (nSPS) is 12.7. The van der Waals surface area contributed by atoms with E-state index in [1.807, 2.05) is 67.6 Å². The minimum atomic E-state index is -2.02. The predicted molar refractivity (Wildman–Crippen MR) is 96.5 cm³/mol. The van der Waals surface area contributed by atoms with Crippen LogP contribution < -0.4 is 0 Å². The Bertz CT molecular complexity index is 581. The van der Waals surface area contributed by atoms with Gasteiger partial charge < -0.3 is 0 Å². The molecule has 2 aromatic carbocycles. The second-order valence-electron chi connectivity index (χ2n) is 6.39. The first-order valence-corrected chi connectivity index (χ1v) is 11.0. The Balaban J connectivity index is 2.46. The Hall–Kier alpha value is -1.66. The van der Waals surface area contributed by atoms with Gasteiger partial charge in [0.1, 0.15) is 0 Å². The summed E-state index contributed by atoms with van der Waals surface area (Å²) in [5.74, 6) is 0. The van der Waals surface area contributed by atoms with Gasteiger partial charge in [-0.1, -0.05) is 0 Å². The van der Waals surface area contributed by atoms with E-state index in [1.54, 1.807) is 0 Å². The molecular formula is C19H25O2P. The molecule has 0 aromatic heterocycles. The van der Waals surface area contributed by atoms with Crippen LogP contribution in [0.15, 0.2) is 60.7 Å². The summed E-state index contributed by atoms with van der Waals surface area (Å²) in [6.07, 6.45) is 0.880. The molecule has 0 fully saturated rings. The molecule has 3 heteroatoms. The standard InChI is InChI=1S/C19H25O2P/c1-5-22(3,4)18(20)21-19(2,16-12-8-6-9-13-16)17-14-10-7-11-15-17/h6-15,22H,5H2,1-4H3. The number of ether oxygens (including phenoxy) is 1. The second-order valence-corrected chi connectivity index (χ2v) is 11.3. The molecule has 0 saturated carbocycles. The van der Waals surface area contributed by atoms with Crippen LogP contribution in [0.2, 0.25) is 0 Å². The van der Waals surface area contributed by atoms with E-state index < -0.39 is 12.9 Å². The molecule has 0 unspecified atom stereocenters. The van der Waals surface area contributed by atoms with Crippen LogP contribution in [-0.2, 0) is 10.3 Å². The van der Waals surface area contributed by atoms with Crippen LogP contribution in [0.25, 0.3) is 0 Å². The van der Waals surface area contributed by atoms with Crippen molar-refractivity contribution in [2.45, 2.75) is 19.4 Å². The summed E-state index contributed by atoms with van der Waals surface area (Å²) >= 11 is 0. The SMILES string of the molecule is CC[PH](C)(C)C(=O)OC(C)(c1ccccc1)c1ccccc1. The van der Waals surface area contributed by atoms with Crippen molar-refractivity contribution in [3.8, 4) is 0 Å². The molecule has 0 aliphatic heterocycles. The predicted octanol–water partition coefficient (Wildman–Crippen LogP) is 5.12. The van der Waals surface area contributed by atoms with Crippen molar-refractivity contribution in [3.63, 3.8) is 0 Å². The summed E-state index contributed by atoms with van der Waals surface area (Å²) < 4.78 is 6.09. The minimum absolute atomic E-state index is 0.0368. The third kappa shape index (κ3) is 3.39. The molecule has 2 nitrogen and oxygen atoms in total. The molecule has 0 atom stereocenters. The quantitative estimate of drug-likeness (QED) is 0.716. The Morgan fingerprint density at radius 2 is 1.36 bits per heavy atom. The van der Waals surface area contributed by atoms with Crippen molar-refractivity contribution in [3.05, 3.63) is 71.8 Å². The van der Waals surface area contributed by atoms with Crippen molar-refractivity contribution >= 4 is 13.0 Å². The van der Waals surface area contributed by atoms with E-state index in [1.165, 1.54) is 0 Å². The average Bonchev–Trinajstić information content (AvgIpc) is 2.56. The third-order valence-corrected chi connectivity index (χ3v) is 7.36. The first-order valence-electron chi connectivity index (χ1n) is 7.74. The van der Waals surface area contributed by atoms with Crippen molar-refractivity contribution < 1.29 is 9.53 Å². The van der Waals surface area contributed by atoms with Crippen LogP contribution in [0.4, 0.5) is 4.79 Å². The average molecular weight is 316 g/mol. The molecule has 0 spiro atoms. The summed E-state index contributed by atoms with van der Waals surface area (Å²) in [6.45, 7) is 8.17. The zero-order valence-electron chi connectivity index (χ0n) is 13.8. The van der Waals surface area contributed by atoms with E-state index in [-0.39, 0.29) is 5.71 Å². The topological polar surface area (TPSA) is 26.3 Å². The molecule has 0 aliphatic carbocycles. The fraction of sp³-hybridized carbons (Fsp3) is 0.316. The maximum absolute atomic E-state index is 12.7. The van der Waals surface area contributed by atoms with Crippen LogP contribution in [0.3, 0.4) is 0 Å². The van der Waals surface area contributed by atoms with Crippen molar-refractivity contribution in [1.82, 2.24) is 0 Å². The number of carbonyl (C=O) groups excluding carboxylic acids is 1. The first kappa shape index (κ1) is 16.7. The Kier molecular flexibility index (Phi) is 5.03. The second kappa shape index (κ2) is 6.62. The molecule has 118 valence electrons. The number of rotatable bonds is 5. The molecule has 22 heavy (non-hydrogen) atoms. The zero-order chi connectivity index (χ0) is 16.2. The van der Waals surface area contributed by atoms with Gasteiger partial charge in [0.25, 0.3) is 0 Å². The molecule has 0 N–H and O–H groups in total. The van der Waals surface area contributed by atoms with Crippen molar-refractivity contribution in [2.24, 2.45) is 0 Å². The molecule has 0 saturated heterocycles. The van der Waals surface area contributed by atoms with E-state index >= 15 is 0 Å². The van der Waals surface area contributed by atoms with Crippen LogP contribution in [0.5, 0.6) is 0 Å². The molecule has 0 aliphatic rings. The van der Waals surface area contributed by atoms with Crippen LogP contribution >= 0.6 is 7.26 Å². The fourth-order valence-electron chi connectivity index (χ4n) is 2.26. The molecule has 2 aromatic rings. The fourth-order valence-corrected chi connectivity index (χ4v) is 3.03. The molecule has 0 amide bonds. The van der Waals surface area contributed by atoms with Gasteiger partial charge in [-0.15, -0.1) is 0 Å². The molecule has 2 rings (SSSR count). The summed E-state index contributed by atoms with van der Waals surface area (Å²) in [4.78, 5) is 12.7. The summed E-state index contributed by atoms with van der Waals surface area (Å²) in [5.41, 5.74) is 1.20. The van der Waals surface area contributed by atoms with Gasteiger partial charge in [0.05, 0.1) is 0 Å².